The van der Waals surface area contributed by atoms with Gasteiger partial charge in [0, 0.05) is 29.7 Å². The van der Waals surface area contributed by atoms with Gasteiger partial charge in [-0.1, -0.05) is 23.7 Å². The van der Waals surface area contributed by atoms with Crippen LogP contribution in [0.5, 0.6) is 5.75 Å². The lowest BCUT2D eigenvalue weighted by molar-refractivity contribution is -0.0592. The monoisotopic (exact) mass is 621 g/mol. The molecule has 2 aliphatic rings. The van der Waals surface area contributed by atoms with Crippen LogP contribution < -0.4 is 4.74 Å². The summed E-state index contributed by atoms with van der Waals surface area (Å²) in [5.74, 6) is 0.130. The van der Waals surface area contributed by atoms with Gasteiger partial charge in [0.2, 0.25) is 0 Å². The van der Waals surface area contributed by atoms with Crippen LogP contribution in [0.1, 0.15) is 52.5 Å². The van der Waals surface area contributed by atoms with Crippen molar-refractivity contribution in [1.29, 1.82) is 0 Å². The van der Waals surface area contributed by atoms with Crippen LogP contribution in [0.25, 0.3) is 22.0 Å². The van der Waals surface area contributed by atoms with E-state index in [1.807, 2.05) is 0 Å². The first-order valence-corrected chi connectivity index (χ1v) is 15.1. The van der Waals surface area contributed by atoms with Crippen LogP contribution in [0, 0.1) is 11.8 Å². The number of piperidine rings is 1. The second kappa shape index (κ2) is 11.8. The molecule has 0 spiro atoms. The highest BCUT2D eigenvalue weighted by molar-refractivity contribution is 6.35. The van der Waals surface area contributed by atoms with E-state index in [4.69, 9.17) is 30.5 Å². The van der Waals surface area contributed by atoms with Crippen molar-refractivity contribution < 1.29 is 32.6 Å². The Kier molecular flexibility index (Phi) is 7.74. The number of hydrogen-bond acceptors (Lipinski definition) is 6. The quantitative estimate of drug-likeness (QED) is 0.187. The highest BCUT2D eigenvalue weighted by Gasteiger charge is 2.27. The predicted octanol–water partition coefficient (Wildman–Crippen LogP) is 7.16. The molecule has 2 saturated heterocycles. The van der Waals surface area contributed by atoms with Gasteiger partial charge in [-0.2, -0.15) is 4.39 Å². The highest BCUT2D eigenvalue weighted by Crippen LogP contribution is 2.37. The van der Waals surface area contributed by atoms with Crippen molar-refractivity contribution in [3.63, 3.8) is 0 Å². The van der Waals surface area contributed by atoms with Gasteiger partial charge in [0.1, 0.15) is 29.6 Å². The van der Waals surface area contributed by atoms with Gasteiger partial charge < -0.3 is 23.6 Å². The summed E-state index contributed by atoms with van der Waals surface area (Å²) in [5.41, 5.74) is 3.66. The van der Waals surface area contributed by atoms with Gasteiger partial charge in [0.15, 0.2) is 0 Å². The highest BCUT2D eigenvalue weighted by atomic mass is 35.5. The fraction of sp³-hybridized carbons (Fsp3) is 0.333. The molecule has 0 aliphatic carbocycles. The number of halogens is 3. The van der Waals surface area contributed by atoms with Crippen molar-refractivity contribution in [3.05, 3.63) is 94.0 Å². The lowest BCUT2D eigenvalue weighted by Gasteiger charge is -2.33. The third-order valence-corrected chi connectivity index (χ3v) is 9.02. The number of carbonyl (C=O) groups is 1. The van der Waals surface area contributed by atoms with E-state index in [0.29, 0.717) is 40.4 Å². The molecule has 0 radical (unpaired) electrons. The summed E-state index contributed by atoms with van der Waals surface area (Å²) >= 11 is 6.19. The van der Waals surface area contributed by atoms with Gasteiger partial charge in [0.25, 0.3) is 6.01 Å². The summed E-state index contributed by atoms with van der Waals surface area (Å²) in [5, 5.41) is 10.4. The summed E-state index contributed by atoms with van der Waals surface area (Å²) < 4.78 is 47.3. The molecular formula is C33H30ClF2N3O5. The molecule has 4 heterocycles. The van der Waals surface area contributed by atoms with Gasteiger partial charge in [-0.15, -0.1) is 0 Å². The molecular weight excluding hydrogens is 592 g/mol. The number of furan rings is 1. The van der Waals surface area contributed by atoms with Crippen LogP contribution in [0.3, 0.4) is 0 Å². The van der Waals surface area contributed by atoms with Crippen molar-refractivity contribution in [1.82, 2.24) is 14.5 Å². The van der Waals surface area contributed by atoms with Crippen molar-refractivity contribution in [2.75, 3.05) is 19.7 Å². The van der Waals surface area contributed by atoms with Crippen LogP contribution in [0.2, 0.25) is 5.02 Å². The molecule has 7 rings (SSSR count). The molecule has 0 bridgehead atoms. The maximum Gasteiger partial charge on any atom is 0.335 e. The number of rotatable bonds is 9. The second-order valence-electron chi connectivity index (χ2n) is 11.4. The minimum atomic E-state index is -0.969. The third-order valence-electron chi connectivity index (χ3n) is 8.69. The van der Waals surface area contributed by atoms with Crippen molar-refractivity contribution in [2.45, 2.75) is 51.0 Å². The number of carboxylic acid groups (broad SMARTS) is 1. The lowest BCUT2D eigenvalue weighted by Crippen LogP contribution is -2.35. The number of ether oxygens (including phenoxy) is 2. The van der Waals surface area contributed by atoms with Crippen LogP contribution in [0.4, 0.5) is 8.78 Å². The Bertz CT molecular complexity index is 1860. The molecule has 8 nitrogen and oxygen atoms in total. The van der Waals surface area contributed by atoms with E-state index in [0.717, 1.165) is 61.4 Å². The first-order valence-electron chi connectivity index (χ1n) is 14.7. The summed E-state index contributed by atoms with van der Waals surface area (Å²) in [6, 6.07) is 13.6. The van der Waals surface area contributed by atoms with E-state index < -0.39 is 17.8 Å². The summed E-state index contributed by atoms with van der Waals surface area (Å²) in [6.45, 7) is 3.66. The number of aromatic nitrogens is 2. The number of aromatic carboxylic acids is 1. The van der Waals surface area contributed by atoms with Gasteiger partial charge in [0.05, 0.1) is 40.8 Å². The molecule has 0 saturated carbocycles. The van der Waals surface area contributed by atoms with Gasteiger partial charge in [-0.3, -0.25) is 4.90 Å². The Labute approximate surface area is 256 Å². The van der Waals surface area contributed by atoms with Gasteiger partial charge in [-0.05, 0) is 74.2 Å². The van der Waals surface area contributed by atoms with Crippen LogP contribution in [-0.4, -0.2) is 51.3 Å². The Balaban J connectivity index is 1.06. The predicted molar refractivity (Wildman–Crippen MR) is 160 cm³/mol. The zero-order chi connectivity index (χ0) is 30.4. The van der Waals surface area contributed by atoms with Crippen molar-refractivity contribution in [3.8, 4) is 5.75 Å². The van der Waals surface area contributed by atoms with Crippen molar-refractivity contribution >= 4 is 39.6 Å². The fourth-order valence-electron chi connectivity index (χ4n) is 6.22. The molecule has 1 N–H and O–H groups in total. The summed E-state index contributed by atoms with van der Waals surface area (Å²) in [6.07, 6.45) is 2.74. The number of carboxylic acids is 1. The van der Waals surface area contributed by atoms with E-state index in [2.05, 4.69) is 9.47 Å². The molecule has 2 aliphatic heterocycles. The maximum atomic E-state index is 14.3. The van der Waals surface area contributed by atoms with E-state index in [9.17, 15) is 18.7 Å². The Hall–Kier alpha value is -3.99. The standard InChI is InChI=1S/C33H30ClF2N3O5/c34-26-5-1-21(32-25(26)15-30(36)44-32)18-43-29-14-22(35)3-4-24(29)19-7-10-38(11-8-19)17-31-37-27-6-2-20(33(40)41)13-28(27)39(31)16-23-9-12-42-23/h1-6,13-15,19,23H,7-12,16-18H2,(H,40,41)/t23-/m0/s1. The summed E-state index contributed by atoms with van der Waals surface area (Å²) in [4.78, 5) is 18.8. The number of likely N-dealkylation sites (tertiary alicyclic amines) is 1. The molecule has 3 aromatic carbocycles. The SMILES string of the molecule is O=C(O)c1ccc2nc(CN3CCC(c4ccc(F)cc4OCc4ccc(Cl)c5cc(F)oc45)CC3)n(C[C@@H]3CCO3)c2c1. The van der Waals surface area contributed by atoms with Gasteiger partial charge >= 0.3 is 5.97 Å². The van der Waals surface area contributed by atoms with Crippen LogP contribution in [0.15, 0.2) is 59.0 Å². The topological polar surface area (TPSA) is 90.0 Å². The Morgan fingerprint density at radius 2 is 1.89 bits per heavy atom. The maximum absolute atomic E-state index is 14.3. The first-order chi connectivity index (χ1) is 21.3. The number of fused-ring (bicyclic) bond motifs is 2. The zero-order valence-electron chi connectivity index (χ0n) is 23.8. The Morgan fingerprint density at radius 1 is 1.07 bits per heavy atom. The van der Waals surface area contributed by atoms with E-state index in [1.165, 1.54) is 18.2 Å². The average Bonchev–Trinajstić information content (AvgIpc) is 3.55. The molecule has 0 unspecified atom stereocenters. The molecule has 5 aromatic rings. The number of hydrogen-bond donors (Lipinski definition) is 1. The lowest BCUT2D eigenvalue weighted by atomic mass is 9.88. The van der Waals surface area contributed by atoms with Crippen molar-refractivity contribution in [2.24, 2.45) is 0 Å². The molecule has 228 valence electrons. The molecule has 2 fully saturated rings. The Morgan fingerprint density at radius 3 is 2.64 bits per heavy atom. The summed E-state index contributed by atoms with van der Waals surface area (Å²) in [7, 11) is 0. The second-order valence-corrected chi connectivity index (χ2v) is 11.9. The first kappa shape index (κ1) is 28.8. The minimum Gasteiger partial charge on any atom is -0.488 e. The number of nitrogens with zero attached hydrogens (tertiary/aromatic N) is 3. The van der Waals surface area contributed by atoms with Crippen LogP contribution in [-0.2, 0) is 24.4 Å². The third kappa shape index (κ3) is 5.65. The van der Waals surface area contributed by atoms with E-state index in [-0.39, 0.29) is 24.2 Å². The van der Waals surface area contributed by atoms with Gasteiger partial charge in [-0.25, -0.2) is 14.2 Å². The largest absolute Gasteiger partial charge is 0.488 e. The molecule has 44 heavy (non-hydrogen) atoms. The van der Waals surface area contributed by atoms with Crippen LogP contribution >= 0.6 is 11.6 Å². The minimum absolute atomic E-state index is 0.0699. The number of imidazole rings is 1. The molecule has 0 amide bonds. The molecule has 11 heteroatoms. The molecule has 1 atom stereocenters. The molecule has 2 aromatic heterocycles. The average molecular weight is 622 g/mol. The zero-order valence-corrected chi connectivity index (χ0v) is 24.5. The number of benzene rings is 3. The normalized spacial score (nSPS) is 17.8. The van der Waals surface area contributed by atoms with E-state index >= 15 is 0 Å². The fourth-order valence-corrected chi connectivity index (χ4v) is 6.42. The van der Waals surface area contributed by atoms with E-state index in [1.54, 1.807) is 36.4 Å². The smallest absolute Gasteiger partial charge is 0.335 e.